The molecule has 2 aromatic heterocycles. The van der Waals surface area contributed by atoms with E-state index in [4.69, 9.17) is 11.6 Å². The molecule has 0 aliphatic rings. The molecule has 0 aliphatic heterocycles. The Balaban J connectivity index is 1.97. The van der Waals surface area contributed by atoms with Gasteiger partial charge in [0.25, 0.3) is 0 Å². The zero-order valence-corrected chi connectivity index (χ0v) is 12.6. The van der Waals surface area contributed by atoms with Crippen LogP contribution in [0.25, 0.3) is 11.5 Å². The Hall–Kier alpha value is -2.59. The quantitative estimate of drug-likeness (QED) is 0.692. The van der Waals surface area contributed by atoms with Crippen LogP contribution in [0.1, 0.15) is 21.7 Å². The van der Waals surface area contributed by atoms with E-state index in [1.54, 1.807) is 36.5 Å². The minimum Gasteiger partial charge on any atom is -0.287 e. The third-order valence-electron chi connectivity index (χ3n) is 3.11. The maximum atomic E-state index is 12.5. The second-order valence-corrected chi connectivity index (χ2v) is 5.20. The number of ketones is 1. The first kappa shape index (κ1) is 14.4. The van der Waals surface area contributed by atoms with Crippen molar-refractivity contribution in [2.24, 2.45) is 0 Å². The SMILES string of the molecule is Cc1cccc(-c2nccc(C(=O)c3ccc(Cl)cc3)n2)n1. The summed E-state index contributed by atoms with van der Waals surface area (Å²) in [6.45, 7) is 1.90. The Morgan fingerprint density at radius 3 is 2.50 bits per heavy atom. The average Bonchev–Trinajstić information content (AvgIpc) is 2.55. The molecule has 0 radical (unpaired) electrons. The number of pyridine rings is 1. The summed E-state index contributed by atoms with van der Waals surface area (Å²) in [5.41, 5.74) is 2.38. The lowest BCUT2D eigenvalue weighted by Crippen LogP contribution is -2.06. The first-order valence-corrected chi connectivity index (χ1v) is 7.08. The molecule has 108 valence electrons. The van der Waals surface area contributed by atoms with Crippen molar-refractivity contribution in [1.82, 2.24) is 15.0 Å². The number of rotatable bonds is 3. The average molecular weight is 310 g/mol. The molecule has 0 N–H and O–H groups in total. The molecule has 0 spiro atoms. The number of aryl methyl sites for hydroxylation is 1. The highest BCUT2D eigenvalue weighted by molar-refractivity contribution is 6.30. The summed E-state index contributed by atoms with van der Waals surface area (Å²) in [6.07, 6.45) is 1.56. The van der Waals surface area contributed by atoms with Gasteiger partial charge in [-0.05, 0) is 49.4 Å². The van der Waals surface area contributed by atoms with Crippen molar-refractivity contribution in [1.29, 1.82) is 0 Å². The molecule has 5 heteroatoms. The highest BCUT2D eigenvalue weighted by atomic mass is 35.5. The van der Waals surface area contributed by atoms with Gasteiger partial charge in [-0.3, -0.25) is 4.79 Å². The van der Waals surface area contributed by atoms with E-state index in [0.29, 0.717) is 27.8 Å². The number of benzene rings is 1. The number of aromatic nitrogens is 3. The van der Waals surface area contributed by atoms with E-state index in [9.17, 15) is 4.79 Å². The van der Waals surface area contributed by atoms with E-state index < -0.39 is 0 Å². The van der Waals surface area contributed by atoms with Crippen LogP contribution in [0.2, 0.25) is 5.02 Å². The largest absolute Gasteiger partial charge is 0.287 e. The molecule has 0 atom stereocenters. The maximum absolute atomic E-state index is 12.5. The van der Waals surface area contributed by atoms with Gasteiger partial charge in [-0.2, -0.15) is 0 Å². The predicted octanol–water partition coefficient (Wildman–Crippen LogP) is 3.73. The van der Waals surface area contributed by atoms with Gasteiger partial charge in [0, 0.05) is 22.5 Å². The fourth-order valence-electron chi connectivity index (χ4n) is 2.03. The van der Waals surface area contributed by atoms with Crippen LogP contribution in [-0.4, -0.2) is 20.7 Å². The predicted molar refractivity (Wildman–Crippen MR) is 84.9 cm³/mol. The van der Waals surface area contributed by atoms with Gasteiger partial charge in [-0.25, -0.2) is 15.0 Å². The summed E-state index contributed by atoms with van der Waals surface area (Å²) in [5, 5.41) is 0.587. The van der Waals surface area contributed by atoms with Crippen LogP contribution in [0.3, 0.4) is 0 Å². The lowest BCUT2D eigenvalue weighted by atomic mass is 10.1. The molecule has 3 rings (SSSR count). The van der Waals surface area contributed by atoms with Crippen molar-refractivity contribution < 1.29 is 4.79 Å². The summed E-state index contributed by atoms with van der Waals surface area (Å²) in [6, 6.07) is 13.9. The molecule has 4 nitrogen and oxygen atoms in total. The van der Waals surface area contributed by atoms with E-state index in [1.807, 2.05) is 25.1 Å². The lowest BCUT2D eigenvalue weighted by Gasteiger charge is -2.04. The molecule has 1 aromatic carbocycles. The summed E-state index contributed by atoms with van der Waals surface area (Å²) >= 11 is 5.84. The topological polar surface area (TPSA) is 55.7 Å². The van der Waals surface area contributed by atoms with Gasteiger partial charge in [-0.15, -0.1) is 0 Å². The van der Waals surface area contributed by atoms with Gasteiger partial charge in [0.1, 0.15) is 11.4 Å². The van der Waals surface area contributed by atoms with Crippen LogP contribution >= 0.6 is 11.6 Å². The van der Waals surface area contributed by atoms with E-state index in [1.165, 1.54) is 0 Å². The highest BCUT2D eigenvalue weighted by Crippen LogP contribution is 2.16. The Kier molecular flexibility index (Phi) is 3.94. The minimum absolute atomic E-state index is 0.173. The molecule has 0 unspecified atom stereocenters. The van der Waals surface area contributed by atoms with Crippen LogP contribution in [-0.2, 0) is 0 Å². The van der Waals surface area contributed by atoms with Crippen LogP contribution in [0.4, 0.5) is 0 Å². The molecule has 3 aromatic rings. The number of hydrogen-bond acceptors (Lipinski definition) is 4. The molecule has 2 heterocycles. The van der Waals surface area contributed by atoms with Gasteiger partial charge in [0.15, 0.2) is 5.82 Å². The normalized spacial score (nSPS) is 10.5. The first-order valence-electron chi connectivity index (χ1n) is 6.71. The Morgan fingerprint density at radius 1 is 1.00 bits per heavy atom. The van der Waals surface area contributed by atoms with Gasteiger partial charge in [0.05, 0.1) is 0 Å². The van der Waals surface area contributed by atoms with Gasteiger partial charge < -0.3 is 0 Å². The molecule has 0 saturated heterocycles. The van der Waals surface area contributed by atoms with Crippen molar-refractivity contribution in [2.75, 3.05) is 0 Å². The molecule has 0 saturated carbocycles. The van der Waals surface area contributed by atoms with E-state index in [-0.39, 0.29) is 5.78 Å². The van der Waals surface area contributed by atoms with E-state index in [2.05, 4.69) is 15.0 Å². The summed E-state index contributed by atoms with van der Waals surface area (Å²) < 4.78 is 0. The number of carbonyl (C=O) groups is 1. The monoisotopic (exact) mass is 309 g/mol. The summed E-state index contributed by atoms with van der Waals surface area (Å²) in [4.78, 5) is 25.3. The minimum atomic E-state index is -0.173. The van der Waals surface area contributed by atoms with Crippen molar-refractivity contribution >= 4 is 17.4 Å². The van der Waals surface area contributed by atoms with E-state index in [0.717, 1.165) is 5.69 Å². The van der Waals surface area contributed by atoms with Gasteiger partial charge in [-0.1, -0.05) is 17.7 Å². The number of carbonyl (C=O) groups excluding carboxylic acids is 1. The standard InChI is InChI=1S/C17H12ClN3O/c1-11-3-2-4-15(20-11)17-19-10-9-14(21-17)16(22)12-5-7-13(18)8-6-12/h2-10H,1H3. The number of halogens is 1. The van der Waals surface area contributed by atoms with Gasteiger partial charge >= 0.3 is 0 Å². The number of nitrogens with zero attached hydrogens (tertiary/aromatic N) is 3. The maximum Gasteiger partial charge on any atom is 0.211 e. The fourth-order valence-corrected chi connectivity index (χ4v) is 2.15. The van der Waals surface area contributed by atoms with E-state index >= 15 is 0 Å². The smallest absolute Gasteiger partial charge is 0.211 e. The third kappa shape index (κ3) is 3.02. The molecule has 0 bridgehead atoms. The second kappa shape index (κ2) is 6.03. The molecular formula is C17H12ClN3O. The van der Waals surface area contributed by atoms with Crippen molar-refractivity contribution in [3.05, 3.63) is 76.7 Å². The van der Waals surface area contributed by atoms with Crippen molar-refractivity contribution in [2.45, 2.75) is 6.92 Å². The third-order valence-corrected chi connectivity index (χ3v) is 3.36. The first-order chi connectivity index (χ1) is 10.6. The zero-order chi connectivity index (χ0) is 15.5. The van der Waals surface area contributed by atoms with Crippen LogP contribution in [0.5, 0.6) is 0 Å². The Morgan fingerprint density at radius 2 is 1.77 bits per heavy atom. The highest BCUT2D eigenvalue weighted by Gasteiger charge is 2.13. The second-order valence-electron chi connectivity index (χ2n) is 4.77. The molecule has 0 fully saturated rings. The molecule has 22 heavy (non-hydrogen) atoms. The number of hydrogen-bond donors (Lipinski definition) is 0. The van der Waals surface area contributed by atoms with Gasteiger partial charge in [0.2, 0.25) is 5.78 Å². The summed E-state index contributed by atoms with van der Waals surface area (Å²) in [7, 11) is 0. The Bertz CT molecular complexity index is 831. The fraction of sp³-hybridized carbons (Fsp3) is 0.0588. The zero-order valence-electron chi connectivity index (χ0n) is 11.8. The Labute approximate surface area is 132 Å². The van der Waals surface area contributed by atoms with Crippen LogP contribution in [0, 0.1) is 6.92 Å². The summed E-state index contributed by atoms with van der Waals surface area (Å²) in [5.74, 6) is 0.261. The lowest BCUT2D eigenvalue weighted by molar-refractivity contribution is 0.103. The van der Waals surface area contributed by atoms with Crippen LogP contribution in [0.15, 0.2) is 54.7 Å². The molecule has 0 amide bonds. The van der Waals surface area contributed by atoms with Crippen molar-refractivity contribution in [3.63, 3.8) is 0 Å². The van der Waals surface area contributed by atoms with Crippen molar-refractivity contribution in [3.8, 4) is 11.5 Å². The van der Waals surface area contributed by atoms with Crippen LogP contribution < -0.4 is 0 Å². The molecular weight excluding hydrogens is 298 g/mol. The molecule has 0 aliphatic carbocycles.